The maximum Gasteiger partial charge on any atom is 0.243 e. The predicted molar refractivity (Wildman–Crippen MR) is 130 cm³/mol. The lowest BCUT2D eigenvalue weighted by Crippen LogP contribution is -2.43. The Kier molecular flexibility index (Phi) is 6.83. The van der Waals surface area contributed by atoms with Gasteiger partial charge in [-0.3, -0.25) is 4.79 Å². The maximum atomic E-state index is 13.1. The molecule has 1 saturated heterocycles. The van der Waals surface area contributed by atoms with Gasteiger partial charge in [0.2, 0.25) is 15.9 Å². The Bertz CT molecular complexity index is 1240. The summed E-state index contributed by atoms with van der Waals surface area (Å²) in [5, 5.41) is 3.42. The quantitative estimate of drug-likeness (QED) is 0.556. The Morgan fingerprint density at radius 2 is 1.82 bits per heavy atom. The molecule has 0 radical (unpaired) electrons. The van der Waals surface area contributed by atoms with Crippen molar-refractivity contribution in [2.75, 3.05) is 25.5 Å². The summed E-state index contributed by atoms with van der Waals surface area (Å²) in [6, 6.07) is 14.4. The molecule has 3 aromatic rings. The monoisotopic (exact) mass is 485 g/mol. The number of ether oxygens (including phenoxy) is 1. The third-order valence-corrected chi connectivity index (χ3v) is 8.57. The number of thiazole rings is 1. The zero-order valence-corrected chi connectivity index (χ0v) is 20.5. The van der Waals surface area contributed by atoms with Crippen molar-refractivity contribution in [1.82, 2.24) is 9.29 Å². The van der Waals surface area contributed by atoms with Crippen molar-refractivity contribution >= 4 is 32.4 Å². The summed E-state index contributed by atoms with van der Waals surface area (Å²) < 4.78 is 32.7. The lowest BCUT2D eigenvalue weighted by atomic mass is 9.99. The van der Waals surface area contributed by atoms with E-state index in [4.69, 9.17) is 4.74 Å². The van der Waals surface area contributed by atoms with Crippen LogP contribution in [0.15, 0.2) is 53.4 Å². The number of piperidine rings is 1. The molecule has 1 amide bonds. The zero-order valence-electron chi connectivity index (χ0n) is 18.9. The first-order valence-electron chi connectivity index (χ1n) is 10.8. The van der Waals surface area contributed by atoms with Crippen molar-refractivity contribution in [3.05, 3.63) is 59.0 Å². The number of nitrogens with zero attached hydrogens (tertiary/aromatic N) is 2. The largest absolute Gasteiger partial charge is 0.497 e. The van der Waals surface area contributed by atoms with E-state index in [0.717, 1.165) is 27.4 Å². The number of amides is 1. The first-order chi connectivity index (χ1) is 15.8. The van der Waals surface area contributed by atoms with Gasteiger partial charge in [-0.05, 0) is 63.1 Å². The fourth-order valence-electron chi connectivity index (χ4n) is 3.91. The molecule has 2 aromatic carbocycles. The average Bonchev–Trinajstić information content (AvgIpc) is 3.19. The molecule has 7 nitrogen and oxygen atoms in total. The topological polar surface area (TPSA) is 88.6 Å². The lowest BCUT2D eigenvalue weighted by Gasteiger charge is -2.31. The van der Waals surface area contributed by atoms with Gasteiger partial charge in [0.05, 0.1) is 23.6 Å². The van der Waals surface area contributed by atoms with Gasteiger partial charge in [-0.15, -0.1) is 11.3 Å². The number of hydrogen-bond donors (Lipinski definition) is 1. The lowest BCUT2D eigenvalue weighted by molar-refractivity contribution is -0.120. The Morgan fingerprint density at radius 1 is 1.12 bits per heavy atom. The molecule has 1 aliphatic rings. The van der Waals surface area contributed by atoms with E-state index in [-0.39, 0.29) is 17.3 Å². The number of benzene rings is 2. The van der Waals surface area contributed by atoms with Gasteiger partial charge in [0.15, 0.2) is 5.13 Å². The van der Waals surface area contributed by atoms with Gasteiger partial charge in [0.25, 0.3) is 0 Å². The Morgan fingerprint density at radius 3 is 2.48 bits per heavy atom. The molecule has 4 rings (SSSR count). The Labute approximate surface area is 198 Å². The van der Waals surface area contributed by atoms with Gasteiger partial charge in [-0.1, -0.05) is 17.7 Å². The van der Waals surface area contributed by atoms with E-state index < -0.39 is 15.9 Å². The molecular formula is C24H27N3O4S2. The highest BCUT2D eigenvalue weighted by atomic mass is 32.2. The number of rotatable bonds is 6. The summed E-state index contributed by atoms with van der Waals surface area (Å²) in [4.78, 5) is 18.8. The molecule has 1 unspecified atom stereocenters. The fraction of sp³-hybridized carbons (Fsp3) is 0.333. The van der Waals surface area contributed by atoms with E-state index in [1.165, 1.54) is 15.6 Å². The molecule has 0 saturated carbocycles. The summed E-state index contributed by atoms with van der Waals surface area (Å²) >= 11 is 1.41. The van der Waals surface area contributed by atoms with E-state index in [0.29, 0.717) is 24.5 Å². The highest BCUT2D eigenvalue weighted by Crippen LogP contribution is 2.32. The number of nitrogens with one attached hydrogen (secondary N) is 1. The van der Waals surface area contributed by atoms with Gasteiger partial charge in [-0.2, -0.15) is 4.31 Å². The molecule has 1 N–H and O–H groups in total. The van der Waals surface area contributed by atoms with Crippen LogP contribution in [0, 0.1) is 19.8 Å². The van der Waals surface area contributed by atoms with Crippen LogP contribution in [0.5, 0.6) is 5.75 Å². The van der Waals surface area contributed by atoms with Crippen LogP contribution in [0.4, 0.5) is 5.13 Å². The number of methoxy groups -OCH3 is 1. The van der Waals surface area contributed by atoms with Crippen LogP contribution in [0.3, 0.4) is 0 Å². The van der Waals surface area contributed by atoms with Gasteiger partial charge >= 0.3 is 0 Å². The fourth-order valence-corrected chi connectivity index (χ4v) is 6.27. The molecule has 1 fully saturated rings. The van der Waals surface area contributed by atoms with E-state index in [9.17, 15) is 13.2 Å². The third-order valence-electron chi connectivity index (χ3n) is 5.80. The molecule has 1 aliphatic heterocycles. The van der Waals surface area contributed by atoms with Crippen molar-refractivity contribution in [2.45, 2.75) is 31.6 Å². The van der Waals surface area contributed by atoms with Crippen molar-refractivity contribution in [3.63, 3.8) is 0 Å². The number of carbonyl (C=O) groups excluding carboxylic acids is 1. The first kappa shape index (κ1) is 23.4. The molecule has 1 aromatic heterocycles. The number of anilines is 1. The number of aryl methyl sites for hydroxylation is 2. The molecule has 1 atom stereocenters. The minimum absolute atomic E-state index is 0.164. The second kappa shape index (κ2) is 9.62. The number of aromatic nitrogens is 1. The van der Waals surface area contributed by atoms with E-state index in [1.54, 1.807) is 31.4 Å². The van der Waals surface area contributed by atoms with Crippen LogP contribution in [-0.4, -0.2) is 43.8 Å². The molecule has 2 heterocycles. The standard InChI is InChI=1S/C24H27N3O4S2/c1-16-6-12-21(13-7-16)33(29,30)27-14-4-5-19(15-27)23(28)26-24-25-22(17(2)32-24)18-8-10-20(31-3)11-9-18/h6-13,19H,4-5,14-15H2,1-3H3,(H,25,26,28). The summed E-state index contributed by atoms with van der Waals surface area (Å²) in [5.41, 5.74) is 2.75. The molecule has 33 heavy (non-hydrogen) atoms. The predicted octanol–water partition coefficient (Wildman–Crippen LogP) is 4.47. The first-order valence-corrected chi connectivity index (χ1v) is 13.0. The van der Waals surface area contributed by atoms with Crippen LogP contribution in [0.2, 0.25) is 0 Å². The molecule has 0 bridgehead atoms. The maximum absolute atomic E-state index is 13.1. The van der Waals surface area contributed by atoms with Crippen molar-refractivity contribution < 1.29 is 17.9 Å². The van der Waals surface area contributed by atoms with Crippen LogP contribution in [0.1, 0.15) is 23.3 Å². The second-order valence-corrected chi connectivity index (χ2v) is 11.3. The summed E-state index contributed by atoms with van der Waals surface area (Å²) in [6.45, 7) is 4.46. The minimum Gasteiger partial charge on any atom is -0.497 e. The smallest absolute Gasteiger partial charge is 0.243 e. The number of sulfonamides is 1. The molecular weight excluding hydrogens is 458 g/mol. The molecule has 0 spiro atoms. The van der Waals surface area contributed by atoms with Crippen LogP contribution in [-0.2, 0) is 14.8 Å². The Hall–Kier alpha value is -2.75. The Balaban J connectivity index is 1.46. The van der Waals surface area contributed by atoms with Gasteiger partial charge in [0.1, 0.15) is 5.75 Å². The van der Waals surface area contributed by atoms with Gasteiger partial charge < -0.3 is 10.1 Å². The normalized spacial score (nSPS) is 17.0. The number of carbonyl (C=O) groups is 1. The van der Waals surface area contributed by atoms with Crippen LogP contribution in [0.25, 0.3) is 11.3 Å². The highest BCUT2D eigenvalue weighted by molar-refractivity contribution is 7.89. The molecule has 9 heteroatoms. The average molecular weight is 486 g/mol. The highest BCUT2D eigenvalue weighted by Gasteiger charge is 2.33. The van der Waals surface area contributed by atoms with E-state index >= 15 is 0 Å². The van der Waals surface area contributed by atoms with Crippen molar-refractivity contribution in [1.29, 1.82) is 0 Å². The minimum atomic E-state index is -3.63. The second-order valence-electron chi connectivity index (χ2n) is 8.16. The van der Waals surface area contributed by atoms with E-state index in [2.05, 4.69) is 10.3 Å². The zero-order chi connectivity index (χ0) is 23.6. The molecule has 174 valence electrons. The summed E-state index contributed by atoms with van der Waals surface area (Å²) in [6.07, 6.45) is 1.28. The summed E-state index contributed by atoms with van der Waals surface area (Å²) in [7, 11) is -2.01. The third kappa shape index (κ3) is 5.10. The number of hydrogen-bond acceptors (Lipinski definition) is 6. The van der Waals surface area contributed by atoms with Crippen molar-refractivity contribution in [2.24, 2.45) is 5.92 Å². The SMILES string of the molecule is COc1ccc(-c2nc(NC(=O)C3CCCN(S(=O)(=O)c4ccc(C)cc4)C3)sc2C)cc1. The van der Waals surface area contributed by atoms with Gasteiger partial charge in [0, 0.05) is 23.5 Å². The molecule has 0 aliphatic carbocycles. The summed E-state index contributed by atoms with van der Waals surface area (Å²) in [5.74, 6) is 0.143. The van der Waals surface area contributed by atoms with Crippen LogP contribution >= 0.6 is 11.3 Å². The van der Waals surface area contributed by atoms with E-state index in [1.807, 2.05) is 38.1 Å². The van der Waals surface area contributed by atoms with Crippen molar-refractivity contribution in [3.8, 4) is 17.0 Å². The van der Waals surface area contributed by atoms with Crippen LogP contribution < -0.4 is 10.1 Å². The van der Waals surface area contributed by atoms with Gasteiger partial charge in [-0.25, -0.2) is 13.4 Å².